The number of benzene rings is 2. The number of ether oxygens (including phenoxy) is 1. The molecule has 2 saturated heterocycles. The molecule has 8 heteroatoms. The lowest BCUT2D eigenvalue weighted by Crippen LogP contribution is -2.63. The average Bonchev–Trinajstić information content (AvgIpc) is 2.73. The normalized spacial score (nSPS) is 21.0. The van der Waals surface area contributed by atoms with Crippen LogP contribution in [0.3, 0.4) is 0 Å². The van der Waals surface area contributed by atoms with E-state index in [1.807, 2.05) is 4.90 Å². The van der Waals surface area contributed by atoms with Gasteiger partial charge < -0.3 is 14.7 Å². The number of hydrogen-bond acceptors (Lipinski definition) is 4. The third-order valence-electron chi connectivity index (χ3n) is 5.93. The molecule has 164 valence electrons. The van der Waals surface area contributed by atoms with Crippen LogP contribution in [0.2, 0.25) is 5.02 Å². The van der Waals surface area contributed by atoms with Gasteiger partial charge in [-0.05, 0) is 55.2 Å². The summed E-state index contributed by atoms with van der Waals surface area (Å²) in [6.07, 6.45) is 2.91. The Hall–Kier alpha value is -2.64. The molecule has 2 unspecified atom stereocenters. The summed E-state index contributed by atoms with van der Waals surface area (Å²) in [5.41, 5.74) is 0.983. The van der Waals surface area contributed by atoms with Crippen molar-refractivity contribution in [3.05, 3.63) is 64.4 Å². The Labute approximate surface area is 185 Å². The van der Waals surface area contributed by atoms with Crippen molar-refractivity contribution in [3.63, 3.8) is 0 Å². The lowest BCUT2D eigenvalue weighted by atomic mass is 9.91. The highest BCUT2D eigenvalue weighted by Gasteiger charge is 2.40. The number of carbonyl (C=O) groups excluding carboxylic acids is 1. The van der Waals surface area contributed by atoms with Gasteiger partial charge in [0.25, 0.3) is 5.91 Å². The molecule has 2 aromatic carbocycles. The van der Waals surface area contributed by atoms with Crippen LogP contribution in [0, 0.1) is 5.82 Å². The van der Waals surface area contributed by atoms with Crippen LogP contribution in [0.25, 0.3) is 0 Å². The van der Waals surface area contributed by atoms with Gasteiger partial charge in [-0.1, -0.05) is 23.7 Å². The van der Waals surface area contributed by atoms with Crippen LogP contribution in [-0.4, -0.2) is 58.6 Å². The highest BCUT2D eigenvalue weighted by atomic mass is 35.5. The summed E-state index contributed by atoms with van der Waals surface area (Å²) in [5.74, 6) is -1.41. The molecule has 6 nitrogen and oxygen atoms in total. The molecule has 2 fully saturated rings. The molecule has 0 spiro atoms. The van der Waals surface area contributed by atoms with E-state index >= 15 is 0 Å². The van der Waals surface area contributed by atoms with Gasteiger partial charge in [-0.3, -0.25) is 9.69 Å². The van der Waals surface area contributed by atoms with Gasteiger partial charge in [0.15, 0.2) is 6.61 Å². The van der Waals surface area contributed by atoms with Gasteiger partial charge in [-0.2, -0.15) is 0 Å². The lowest BCUT2D eigenvalue weighted by Gasteiger charge is -2.50. The summed E-state index contributed by atoms with van der Waals surface area (Å²) < 4.78 is 18.8. The smallest absolute Gasteiger partial charge is 0.339 e. The first-order valence-electron chi connectivity index (χ1n) is 10.3. The minimum atomic E-state index is -1.16. The second-order valence-corrected chi connectivity index (χ2v) is 8.53. The summed E-state index contributed by atoms with van der Waals surface area (Å²) in [4.78, 5) is 28.7. The molecule has 2 heterocycles. The quantitative estimate of drug-likeness (QED) is 0.730. The predicted molar refractivity (Wildman–Crippen MR) is 114 cm³/mol. The van der Waals surface area contributed by atoms with Crippen LogP contribution in [0.4, 0.5) is 4.39 Å². The average molecular weight is 447 g/mol. The molecule has 1 N–H and O–H groups in total. The zero-order valence-corrected chi connectivity index (χ0v) is 17.7. The first-order valence-corrected chi connectivity index (χ1v) is 10.7. The minimum absolute atomic E-state index is 0.0652. The first-order chi connectivity index (χ1) is 14.9. The number of piperazine rings is 1. The second kappa shape index (κ2) is 9.24. The van der Waals surface area contributed by atoms with Crippen LogP contribution < -0.4 is 4.74 Å². The summed E-state index contributed by atoms with van der Waals surface area (Å²) in [6.45, 7) is 2.01. The highest BCUT2D eigenvalue weighted by Crippen LogP contribution is 2.30. The van der Waals surface area contributed by atoms with E-state index in [-0.39, 0.29) is 41.7 Å². The minimum Gasteiger partial charge on any atom is -0.483 e. The van der Waals surface area contributed by atoms with Crippen molar-refractivity contribution in [1.82, 2.24) is 9.80 Å². The van der Waals surface area contributed by atoms with E-state index < -0.39 is 5.97 Å². The van der Waals surface area contributed by atoms with Crippen molar-refractivity contribution in [1.29, 1.82) is 0 Å². The molecular weight excluding hydrogens is 423 g/mol. The van der Waals surface area contributed by atoms with Gasteiger partial charge in [0.2, 0.25) is 0 Å². The predicted octanol–water partition coefficient (Wildman–Crippen LogP) is 3.82. The van der Waals surface area contributed by atoms with Gasteiger partial charge in [0, 0.05) is 36.7 Å². The molecule has 2 aliphatic rings. The molecule has 0 saturated carbocycles. The number of fused-ring (bicyclic) bond motifs is 2. The Kier molecular flexibility index (Phi) is 6.43. The molecule has 1 amide bonds. The van der Waals surface area contributed by atoms with E-state index in [1.165, 1.54) is 30.3 Å². The third kappa shape index (κ3) is 4.99. The van der Waals surface area contributed by atoms with Gasteiger partial charge in [0.05, 0.1) is 0 Å². The number of rotatable bonds is 6. The van der Waals surface area contributed by atoms with E-state index in [4.69, 9.17) is 16.3 Å². The van der Waals surface area contributed by atoms with Gasteiger partial charge in [0.1, 0.15) is 17.1 Å². The van der Waals surface area contributed by atoms with Gasteiger partial charge in [-0.25, -0.2) is 9.18 Å². The molecule has 0 aliphatic carbocycles. The zero-order chi connectivity index (χ0) is 22.0. The molecule has 2 bridgehead atoms. The van der Waals surface area contributed by atoms with Crippen LogP contribution in [0.5, 0.6) is 5.75 Å². The molecule has 2 atom stereocenters. The Morgan fingerprint density at radius 2 is 1.77 bits per heavy atom. The van der Waals surface area contributed by atoms with Crippen molar-refractivity contribution in [2.75, 3.05) is 19.7 Å². The maximum atomic E-state index is 13.2. The second-order valence-electron chi connectivity index (χ2n) is 8.09. The molecule has 31 heavy (non-hydrogen) atoms. The number of halogens is 2. The summed E-state index contributed by atoms with van der Waals surface area (Å²) >= 11 is 5.87. The van der Waals surface area contributed by atoms with Crippen LogP contribution in [0.1, 0.15) is 35.2 Å². The Bertz CT molecular complexity index is 955. The number of hydrogen-bond donors (Lipinski definition) is 1. The monoisotopic (exact) mass is 446 g/mol. The van der Waals surface area contributed by atoms with Crippen molar-refractivity contribution in [2.24, 2.45) is 0 Å². The Morgan fingerprint density at radius 1 is 1.10 bits per heavy atom. The van der Waals surface area contributed by atoms with Gasteiger partial charge >= 0.3 is 5.97 Å². The SMILES string of the molecule is O=C(O)c1cc(Cl)ccc1OCC(=O)N1C2CCCC1CN(Cc1ccc(F)cc1)C2. The summed E-state index contributed by atoms with van der Waals surface area (Å²) in [6, 6.07) is 11.0. The highest BCUT2D eigenvalue weighted by molar-refractivity contribution is 6.31. The van der Waals surface area contributed by atoms with Crippen molar-refractivity contribution < 1.29 is 23.8 Å². The number of nitrogens with zero attached hydrogens (tertiary/aromatic N) is 2. The fourth-order valence-corrected chi connectivity index (χ4v) is 4.76. The maximum absolute atomic E-state index is 13.2. The summed E-state index contributed by atoms with van der Waals surface area (Å²) in [7, 11) is 0. The zero-order valence-electron chi connectivity index (χ0n) is 17.0. The lowest BCUT2D eigenvalue weighted by molar-refractivity contribution is -0.145. The number of aromatic carboxylic acids is 1. The van der Waals surface area contributed by atoms with Gasteiger partial charge in [-0.15, -0.1) is 0 Å². The molecular formula is C23H24ClFN2O4. The number of carboxylic acids is 1. The number of carboxylic acid groups (broad SMARTS) is 1. The topological polar surface area (TPSA) is 70.1 Å². The Balaban J connectivity index is 1.40. The van der Waals surface area contributed by atoms with Crippen molar-refractivity contribution >= 4 is 23.5 Å². The molecule has 4 rings (SSSR count). The molecule has 0 radical (unpaired) electrons. The molecule has 0 aromatic heterocycles. The van der Waals surface area contributed by atoms with E-state index in [0.717, 1.165) is 44.5 Å². The summed E-state index contributed by atoms with van der Waals surface area (Å²) in [5, 5.41) is 9.63. The van der Waals surface area contributed by atoms with E-state index in [9.17, 15) is 19.1 Å². The van der Waals surface area contributed by atoms with Crippen molar-refractivity contribution in [3.8, 4) is 5.75 Å². The van der Waals surface area contributed by atoms with E-state index in [2.05, 4.69) is 4.90 Å². The molecule has 2 aromatic rings. The fourth-order valence-electron chi connectivity index (χ4n) is 4.59. The number of likely N-dealkylation sites (tertiary alicyclic amines) is 1. The largest absolute Gasteiger partial charge is 0.483 e. The number of piperidine rings is 1. The number of amides is 1. The Morgan fingerprint density at radius 3 is 2.42 bits per heavy atom. The number of carbonyl (C=O) groups is 2. The van der Waals surface area contributed by atoms with Crippen LogP contribution in [0.15, 0.2) is 42.5 Å². The van der Waals surface area contributed by atoms with Crippen molar-refractivity contribution in [2.45, 2.75) is 37.9 Å². The van der Waals surface area contributed by atoms with Crippen LogP contribution in [-0.2, 0) is 11.3 Å². The van der Waals surface area contributed by atoms with E-state index in [1.54, 1.807) is 12.1 Å². The maximum Gasteiger partial charge on any atom is 0.339 e. The molecule has 2 aliphatic heterocycles. The third-order valence-corrected chi connectivity index (χ3v) is 6.17. The first kappa shape index (κ1) is 21.6. The van der Waals surface area contributed by atoms with E-state index in [0.29, 0.717) is 5.02 Å². The van der Waals surface area contributed by atoms with Crippen LogP contribution >= 0.6 is 11.6 Å². The standard InChI is InChI=1S/C23H24ClFN2O4/c24-16-6-9-21(20(10-16)23(29)30)31-14-22(28)27-18-2-1-3-19(27)13-26(12-18)11-15-4-7-17(25)8-5-15/h4-10,18-19H,1-3,11-14H2,(H,29,30). The fraction of sp³-hybridized carbons (Fsp3) is 0.391.